The van der Waals surface area contributed by atoms with Gasteiger partial charge in [-0.3, -0.25) is 4.79 Å². The van der Waals surface area contributed by atoms with Crippen molar-refractivity contribution in [1.29, 1.82) is 0 Å². The highest BCUT2D eigenvalue weighted by Gasteiger charge is 2.36. The van der Waals surface area contributed by atoms with Gasteiger partial charge in [0.2, 0.25) is 5.91 Å². The van der Waals surface area contributed by atoms with Crippen molar-refractivity contribution in [2.24, 2.45) is 0 Å². The number of rotatable bonds is 4. The van der Waals surface area contributed by atoms with Gasteiger partial charge in [0.05, 0.1) is 0 Å². The standard InChI is InChI=1S/C13H12F3NO4/c14-13(15,16)21-9-3-1-2-8(6-9)7-17-10(12(19)20)4-5-11(17)18/h1-3,6,10H,4-5,7H2,(H,19,20). The molecule has 5 nitrogen and oxygen atoms in total. The number of halogens is 3. The summed E-state index contributed by atoms with van der Waals surface area (Å²) < 4.78 is 40.2. The Kier molecular flexibility index (Phi) is 4.06. The summed E-state index contributed by atoms with van der Waals surface area (Å²) in [6, 6.07) is 4.19. The summed E-state index contributed by atoms with van der Waals surface area (Å²) in [5, 5.41) is 9.02. The van der Waals surface area contributed by atoms with Gasteiger partial charge in [-0.05, 0) is 24.1 Å². The highest BCUT2D eigenvalue weighted by molar-refractivity contribution is 5.87. The smallest absolute Gasteiger partial charge is 0.480 e. The maximum Gasteiger partial charge on any atom is 0.573 e. The first-order valence-corrected chi connectivity index (χ1v) is 6.13. The number of alkyl halides is 3. The summed E-state index contributed by atoms with van der Waals surface area (Å²) in [4.78, 5) is 23.8. The second kappa shape index (κ2) is 5.63. The van der Waals surface area contributed by atoms with E-state index in [1.165, 1.54) is 12.1 Å². The van der Waals surface area contributed by atoms with Crippen LogP contribution in [0.3, 0.4) is 0 Å². The molecule has 0 saturated carbocycles. The molecule has 2 rings (SSSR count). The molecule has 1 unspecified atom stereocenters. The van der Waals surface area contributed by atoms with E-state index in [-0.39, 0.29) is 25.3 Å². The Morgan fingerprint density at radius 3 is 2.76 bits per heavy atom. The molecule has 1 amide bonds. The number of aliphatic carboxylic acids is 1. The molecule has 1 fully saturated rings. The summed E-state index contributed by atoms with van der Waals surface area (Å²) in [5.74, 6) is -1.85. The fourth-order valence-electron chi connectivity index (χ4n) is 2.23. The van der Waals surface area contributed by atoms with Crippen LogP contribution in [0.5, 0.6) is 5.75 Å². The number of benzene rings is 1. The van der Waals surface area contributed by atoms with Gasteiger partial charge in [-0.15, -0.1) is 13.2 Å². The van der Waals surface area contributed by atoms with Gasteiger partial charge in [0.15, 0.2) is 0 Å². The Morgan fingerprint density at radius 1 is 1.43 bits per heavy atom. The van der Waals surface area contributed by atoms with Crippen LogP contribution in [0, 0.1) is 0 Å². The first-order chi connectivity index (χ1) is 9.76. The molecule has 114 valence electrons. The molecule has 21 heavy (non-hydrogen) atoms. The van der Waals surface area contributed by atoms with Crippen molar-refractivity contribution in [2.75, 3.05) is 0 Å². The molecular weight excluding hydrogens is 291 g/mol. The molecule has 1 aromatic rings. The van der Waals surface area contributed by atoms with Crippen LogP contribution in [0.1, 0.15) is 18.4 Å². The number of hydrogen-bond donors (Lipinski definition) is 1. The zero-order valence-corrected chi connectivity index (χ0v) is 10.8. The van der Waals surface area contributed by atoms with Crippen molar-refractivity contribution in [3.05, 3.63) is 29.8 Å². The predicted octanol–water partition coefficient (Wildman–Crippen LogP) is 2.16. The third-order valence-electron chi connectivity index (χ3n) is 3.10. The molecule has 0 bridgehead atoms. The highest BCUT2D eigenvalue weighted by atomic mass is 19.4. The lowest BCUT2D eigenvalue weighted by Crippen LogP contribution is -2.37. The van der Waals surface area contributed by atoms with Crippen molar-refractivity contribution < 1.29 is 32.6 Å². The number of nitrogens with zero attached hydrogens (tertiary/aromatic N) is 1. The van der Waals surface area contributed by atoms with Crippen LogP contribution >= 0.6 is 0 Å². The molecule has 0 radical (unpaired) electrons. The average Bonchev–Trinajstić information content (AvgIpc) is 2.69. The van der Waals surface area contributed by atoms with Crippen molar-refractivity contribution in [2.45, 2.75) is 31.8 Å². The SMILES string of the molecule is O=C(O)C1CCC(=O)N1Cc1cccc(OC(F)(F)F)c1. The molecule has 1 heterocycles. The lowest BCUT2D eigenvalue weighted by atomic mass is 10.1. The number of ether oxygens (including phenoxy) is 1. The Morgan fingerprint density at radius 2 is 2.14 bits per heavy atom. The first-order valence-electron chi connectivity index (χ1n) is 6.13. The fourth-order valence-corrected chi connectivity index (χ4v) is 2.23. The van der Waals surface area contributed by atoms with Crippen LogP contribution in [0.25, 0.3) is 0 Å². The monoisotopic (exact) mass is 303 g/mol. The Hall–Kier alpha value is -2.25. The van der Waals surface area contributed by atoms with Crippen molar-refractivity contribution in [1.82, 2.24) is 4.90 Å². The maximum absolute atomic E-state index is 12.1. The summed E-state index contributed by atoms with van der Waals surface area (Å²) >= 11 is 0. The Balaban J connectivity index is 2.14. The predicted molar refractivity (Wildman–Crippen MR) is 64.3 cm³/mol. The minimum atomic E-state index is -4.80. The van der Waals surface area contributed by atoms with Gasteiger partial charge >= 0.3 is 12.3 Å². The molecule has 1 aromatic carbocycles. The number of likely N-dealkylation sites (tertiary alicyclic amines) is 1. The van der Waals surface area contributed by atoms with E-state index in [0.29, 0.717) is 5.56 Å². The number of carbonyl (C=O) groups excluding carboxylic acids is 1. The van der Waals surface area contributed by atoms with Crippen molar-refractivity contribution >= 4 is 11.9 Å². The number of hydrogen-bond acceptors (Lipinski definition) is 3. The van der Waals surface area contributed by atoms with Crippen LogP contribution in [0.15, 0.2) is 24.3 Å². The molecule has 0 aliphatic carbocycles. The largest absolute Gasteiger partial charge is 0.573 e. The molecule has 1 atom stereocenters. The number of carboxylic acid groups (broad SMARTS) is 1. The van der Waals surface area contributed by atoms with Crippen LogP contribution in [-0.4, -0.2) is 34.3 Å². The number of carboxylic acids is 1. The van der Waals surface area contributed by atoms with Crippen LogP contribution in [-0.2, 0) is 16.1 Å². The average molecular weight is 303 g/mol. The van der Waals surface area contributed by atoms with Gasteiger partial charge in [-0.25, -0.2) is 4.79 Å². The van der Waals surface area contributed by atoms with E-state index in [1.54, 1.807) is 0 Å². The van der Waals surface area contributed by atoms with E-state index in [1.807, 2.05) is 0 Å². The molecule has 0 spiro atoms. The van der Waals surface area contributed by atoms with E-state index in [4.69, 9.17) is 5.11 Å². The van der Waals surface area contributed by atoms with Gasteiger partial charge in [-0.2, -0.15) is 0 Å². The number of amides is 1. The zero-order chi connectivity index (χ0) is 15.6. The Labute approximate surface area is 117 Å². The minimum Gasteiger partial charge on any atom is -0.480 e. The number of carbonyl (C=O) groups is 2. The molecule has 1 aliphatic heterocycles. The quantitative estimate of drug-likeness (QED) is 0.925. The third-order valence-corrected chi connectivity index (χ3v) is 3.10. The minimum absolute atomic E-state index is 0.0646. The molecule has 1 N–H and O–H groups in total. The zero-order valence-electron chi connectivity index (χ0n) is 10.8. The summed E-state index contributed by atoms with van der Waals surface area (Å²) in [7, 11) is 0. The molecule has 1 aliphatic rings. The van der Waals surface area contributed by atoms with Gasteiger partial charge in [0, 0.05) is 13.0 Å². The van der Waals surface area contributed by atoms with E-state index in [9.17, 15) is 22.8 Å². The normalized spacial score (nSPS) is 18.9. The first kappa shape index (κ1) is 15.1. The lowest BCUT2D eigenvalue weighted by molar-refractivity contribution is -0.274. The van der Waals surface area contributed by atoms with Gasteiger partial charge in [0.25, 0.3) is 0 Å². The fraction of sp³-hybridized carbons (Fsp3) is 0.385. The second-order valence-corrected chi connectivity index (χ2v) is 4.61. The van der Waals surface area contributed by atoms with Gasteiger partial charge in [0.1, 0.15) is 11.8 Å². The van der Waals surface area contributed by atoms with Crippen LogP contribution in [0.4, 0.5) is 13.2 Å². The van der Waals surface area contributed by atoms with E-state index in [2.05, 4.69) is 4.74 Å². The third kappa shape index (κ3) is 3.87. The van der Waals surface area contributed by atoms with Gasteiger partial charge < -0.3 is 14.7 Å². The van der Waals surface area contributed by atoms with Crippen molar-refractivity contribution in [3.8, 4) is 5.75 Å². The van der Waals surface area contributed by atoms with E-state index < -0.39 is 24.1 Å². The highest BCUT2D eigenvalue weighted by Crippen LogP contribution is 2.26. The molecule has 0 aromatic heterocycles. The van der Waals surface area contributed by atoms with Crippen molar-refractivity contribution in [3.63, 3.8) is 0 Å². The van der Waals surface area contributed by atoms with Gasteiger partial charge in [-0.1, -0.05) is 12.1 Å². The molecule has 8 heteroatoms. The van der Waals surface area contributed by atoms with Crippen LogP contribution in [0.2, 0.25) is 0 Å². The second-order valence-electron chi connectivity index (χ2n) is 4.61. The summed E-state index contributed by atoms with van der Waals surface area (Å²) in [6.45, 7) is -0.0646. The molecule has 1 saturated heterocycles. The maximum atomic E-state index is 12.1. The van der Waals surface area contributed by atoms with E-state index >= 15 is 0 Å². The summed E-state index contributed by atoms with van der Waals surface area (Å²) in [6.07, 6.45) is -4.48. The Bertz CT molecular complexity index is 559. The summed E-state index contributed by atoms with van der Waals surface area (Å²) in [5.41, 5.74) is 0.373. The lowest BCUT2D eigenvalue weighted by Gasteiger charge is -2.22. The van der Waals surface area contributed by atoms with E-state index in [0.717, 1.165) is 17.0 Å². The van der Waals surface area contributed by atoms with Crippen LogP contribution < -0.4 is 4.74 Å². The topological polar surface area (TPSA) is 66.8 Å². The molecular formula is C13H12F3NO4.